The lowest BCUT2D eigenvalue weighted by Gasteiger charge is -2.29. The Morgan fingerprint density at radius 2 is 1.76 bits per heavy atom. The van der Waals surface area contributed by atoms with Gasteiger partial charge in [0.2, 0.25) is 0 Å². The molecule has 1 saturated heterocycles. The fourth-order valence-corrected chi connectivity index (χ4v) is 3.66. The van der Waals surface area contributed by atoms with Crippen LogP contribution in [-0.4, -0.2) is 50.6 Å². The van der Waals surface area contributed by atoms with E-state index in [1.54, 1.807) is 19.2 Å². The standard InChI is InChI=1S/C23H30N4O2/c1-24-23(25-16-18-10-12-20(13-11-18)22(28)29-2)26-17-21(27-14-6-7-15-27)19-8-4-3-5-9-19/h3-5,8-13,21H,6-7,14-17H2,1-2H3,(H2,24,25,26). The van der Waals surface area contributed by atoms with Gasteiger partial charge >= 0.3 is 5.97 Å². The number of hydrogen-bond acceptors (Lipinski definition) is 4. The average molecular weight is 395 g/mol. The molecule has 154 valence electrons. The van der Waals surface area contributed by atoms with Crippen LogP contribution in [0.25, 0.3) is 0 Å². The van der Waals surface area contributed by atoms with Gasteiger partial charge in [0.05, 0.1) is 18.7 Å². The summed E-state index contributed by atoms with van der Waals surface area (Å²) in [6, 6.07) is 18.4. The number of aliphatic imine (C=N–C) groups is 1. The van der Waals surface area contributed by atoms with E-state index < -0.39 is 0 Å². The van der Waals surface area contributed by atoms with Crippen molar-refractivity contribution in [2.75, 3.05) is 33.8 Å². The Morgan fingerprint density at radius 1 is 1.07 bits per heavy atom. The highest BCUT2D eigenvalue weighted by Crippen LogP contribution is 2.24. The predicted octanol–water partition coefficient (Wildman–Crippen LogP) is 2.98. The number of carbonyl (C=O) groups is 1. The molecule has 1 aliphatic rings. The summed E-state index contributed by atoms with van der Waals surface area (Å²) >= 11 is 0. The third kappa shape index (κ3) is 5.81. The Bertz CT molecular complexity index is 799. The molecule has 0 spiro atoms. The first-order chi connectivity index (χ1) is 14.2. The van der Waals surface area contributed by atoms with Crippen molar-refractivity contribution in [3.8, 4) is 0 Å². The molecule has 1 fully saturated rings. The van der Waals surface area contributed by atoms with Crippen molar-refractivity contribution in [2.45, 2.75) is 25.4 Å². The summed E-state index contributed by atoms with van der Waals surface area (Å²) < 4.78 is 4.74. The molecule has 0 radical (unpaired) electrons. The van der Waals surface area contributed by atoms with Crippen LogP contribution in [0.5, 0.6) is 0 Å². The Morgan fingerprint density at radius 3 is 2.38 bits per heavy atom. The van der Waals surface area contributed by atoms with Gasteiger partial charge in [-0.3, -0.25) is 9.89 Å². The third-order valence-electron chi connectivity index (χ3n) is 5.29. The van der Waals surface area contributed by atoms with Gasteiger partial charge in [-0.05, 0) is 49.2 Å². The van der Waals surface area contributed by atoms with E-state index in [1.165, 1.54) is 25.5 Å². The van der Waals surface area contributed by atoms with Crippen LogP contribution >= 0.6 is 0 Å². The van der Waals surface area contributed by atoms with Crippen molar-refractivity contribution in [1.82, 2.24) is 15.5 Å². The number of carbonyl (C=O) groups excluding carboxylic acids is 1. The number of methoxy groups -OCH3 is 1. The summed E-state index contributed by atoms with van der Waals surface area (Å²) in [6.45, 7) is 3.70. The average Bonchev–Trinajstić information content (AvgIpc) is 3.31. The molecule has 3 rings (SSSR count). The summed E-state index contributed by atoms with van der Waals surface area (Å²) in [5.41, 5.74) is 2.95. The highest BCUT2D eigenvalue weighted by atomic mass is 16.5. The Balaban J connectivity index is 1.56. The molecule has 0 aromatic heterocycles. The summed E-state index contributed by atoms with van der Waals surface area (Å²) in [5.74, 6) is 0.443. The fourth-order valence-electron chi connectivity index (χ4n) is 3.66. The van der Waals surface area contributed by atoms with E-state index in [4.69, 9.17) is 4.74 Å². The monoisotopic (exact) mass is 394 g/mol. The summed E-state index contributed by atoms with van der Waals surface area (Å²) in [5, 5.41) is 6.83. The first-order valence-electron chi connectivity index (χ1n) is 10.1. The SMILES string of the molecule is CN=C(NCc1ccc(C(=O)OC)cc1)NCC(c1ccccc1)N1CCCC1. The molecule has 1 heterocycles. The minimum Gasteiger partial charge on any atom is -0.465 e. The number of benzene rings is 2. The van der Waals surface area contributed by atoms with E-state index in [2.05, 4.69) is 50.9 Å². The van der Waals surface area contributed by atoms with Crippen molar-refractivity contribution >= 4 is 11.9 Å². The van der Waals surface area contributed by atoms with Crippen molar-refractivity contribution in [2.24, 2.45) is 4.99 Å². The van der Waals surface area contributed by atoms with Gasteiger partial charge in [-0.25, -0.2) is 4.79 Å². The Labute approximate surface area is 173 Å². The lowest BCUT2D eigenvalue weighted by Crippen LogP contribution is -2.42. The number of guanidine groups is 1. The van der Waals surface area contributed by atoms with Crippen LogP contribution in [0.2, 0.25) is 0 Å². The number of hydrogen-bond donors (Lipinski definition) is 2. The minimum absolute atomic E-state index is 0.323. The van der Waals surface area contributed by atoms with E-state index in [0.717, 1.165) is 31.2 Å². The molecule has 6 nitrogen and oxygen atoms in total. The molecule has 6 heteroatoms. The minimum atomic E-state index is -0.323. The molecule has 1 aliphatic heterocycles. The molecule has 0 amide bonds. The van der Waals surface area contributed by atoms with Gasteiger partial charge in [-0.15, -0.1) is 0 Å². The second-order valence-corrected chi connectivity index (χ2v) is 7.16. The fraction of sp³-hybridized carbons (Fsp3) is 0.391. The zero-order valence-corrected chi connectivity index (χ0v) is 17.2. The van der Waals surface area contributed by atoms with E-state index in [-0.39, 0.29) is 5.97 Å². The van der Waals surface area contributed by atoms with Gasteiger partial charge in [-0.1, -0.05) is 42.5 Å². The molecular weight excluding hydrogens is 364 g/mol. The number of rotatable bonds is 7. The second kappa shape index (κ2) is 10.6. The van der Waals surface area contributed by atoms with Gasteiger partial charge in [0.25, 0.3) is 0 Å². The van der Waals surface area contributed by atoms with Gasteiger partial charge in [-0.2, -0.15) is 0 Å². The molecule has 0 saturated carbocycles. The third-order valence-corrected chi connectivity index (χ3v) is 5.29. The highest BCUT2D eigenvalue weighted by molar-refractivity contribution is 5.89. The number of esters is 1. The van der Waals surface area contributed by atoms with Crippen molar-refractivity contribution in [3.63, 3.8) is 0 Å². The molecule has 29 heavy (non-hydrogen) atoms. The summed E-state index contributed by atoms with van der Waals surface area (Å²) in [4.78, 5) is 18.4. The zero-order chi connectivity index (χ0) is 20.5. The molecule has 2 aromatic carbocycles. The van der Waals surface area contributed by atoms with Crippen molar-refractivity contribution < 1.29 is 9.53 Å². The smallest absolute Gasteiger partial charge is 0.337 e. The van der Waals surface area contributed by atoms with Gasteiger partial charge in [0.1, 0.15) is 0 Å². The van der Waals surface area contributed by atoms with Crippen molar-refractivity contribution in [3.05, 3.63) is 71.3 Å². The lowest BCUT2D eigenvalue weighted by molar-refractivity contribution is 0.0600. The van der Waals surface area contributed by atoms with Crippen LogP contribution in [0.1, 0.15) is 40.4 Å². The normalized spacial score (nSPS) is 15.7. The quantitative estimate of drug-likeness (QED) is 0.429. The van der Waals surface area contributed by atoms with E-state index in [0.29, 0.717) is 18.2 Å². The maximum absolute atomic E-state index is 11.5. The number of nitrogens with zero attached hydrogens (tertiary/aromatic N) is 2. The van der Waals surface area contributed by atoms with Gasteiger partial charge in [0, 0.05) is 20.1 Å². The van der Waals surface area contributed by atoms with Crippen LogP contribution in [-0.2, 0) is 11.3 Å². The molecule has 2 N–H and O–H groups in total. The van der Waals surface area contributed by atoms with Crippen LogP contribution < -0.4 is 10.6 Å². The number of likely N-dealkylation sites (tertiary alicyclic amines) is 1. The van der Waals surface area contributed by atoms with Crippen LogP contribution in [0.4, 0.5) is 0 Å². The summed E-state index contributed by atoms with van der Waals surface area (Å²) in [6.07, 6.45) is 2.52. The van der Waals surface area contributed by atoms with E-state index in [9.17, 15) is 4.79 Å². The lowest BCUT2D eigenvalue weighted by atomic mass is 10.1. The molecular formula is C23H30N4O2. The zero-order valence-electron chi connectivity index (χ0n) is 17.2. The Kier molecular flexibility index (Phi) is 7.64. The topological polar surface area (TPSA) is 66.0 Å². The predicted molar refractivity (Wildman–Crippen MR) is 116 cm³/mol. The first-order valence-corrected chi connectivity index (χ1v) is 10.1. The first kappa shape index (κ1) is 20.9. The highest BCUT2D eigenvalue weighted by Gasteiger charge is 2.23. The summed E-state index contributed by atoms with van der Waals surface area (Å²) in [7, 11) is 3.17. The van der Waals surface area contributed by atoms with Gasteiger partial charge < -0.3 is 15.4 Å². The number of nitrogens with one attached hydrogen (secondary N) is 2. The van der Waals surface area contributed by atoms with Crippen LogP contribution in [0.3, 0.4) is 0 Å². The molecule has 1 atom stereocenters. The largest absolute Gasteiger partial charge is 0.465 e. The molecule has 2 aromatic rings. The van der Waals surface area contributed by atoms with E-state index >= 15 is 0 Å². The molecule has 1 unspecified atom stereocenters. The van der Waals surface area contributed by atoms with Crippen molar-refractivity contribution in [1.29, 1.82) is 0 Å². The maximum Gasteiger partial charge on any atom is 0.337 e. The Hall–Kier alpha value is -2.86. The van der Waals surface area contributed by atoms with E-state index in [1.807, 2.05) is 12.1 Å². The van der Waals surface area contributed by atoms with Crippen LogP contribution in [0, 0.1) is 0 Å². The second-order valence-electron chi connectivity index (χ2n) is 7.16. The molecule has 0 bridgehead atoms. The number of ether oxygens (including phenoxy) is 1. The molecule has 0 aliphatic carbocycles. The van der Waals surface area contributed by atoms with Crippen LogP contribution in [0.15, 0.2) is 59.6 Å². The van der Waals surface area contributed by atoms with Gasteiger partial charge in [0.15, 0.2) is 5.96 Å². The maximum atomic E-state index is 11.5.